The summed E-state index contributed by atoms with van der Waals surface area (Å²) in [6, 6.07) is 0. The van der Waals surface area contributed by atoms with E-state index in [9.17, 15) is 4.79 Å². The lowest BCUT2D eigenvalue weighted by Gasteiger charge is -2.26. The fraction of sp³-hybridized carbons (Fsp3) is 0.800. The first-order valence-corrected chi connectivity index (χ1v) is 4.65. The summed E-state index contributed by atoms with van der Waals surface area (Å²) in [5, 5.41) is 0. The van der Waals surface area contributed by atoms with Gasteiger partial charge in [-0.1, -0.05) is 20.8 Å². The summed E-state index contributed by atoms with van der Waals surface area (Å²) in [6.45, 7) is 7.59. The Morgan fingerprint density at radius 2 is 1.85 bits per heavy atom. The standard InChI is InChI=1S/C10H19NO2/c1-6-10(4,7-2)9(11-5)13-8(3)12/h6-7H2,1-5H3/b11-9-. The van der Waals surface area contributed by atoms with Crippen molar-refractivity contribution in [2.75, 3.05) is 7.05 Å². The fourth-order valence-corrected chi connectivity index (χ4v) is 1.13. The zero-order valence-electron chi connectivity index (χ0n) is 9.18. The molecular formula is C10H19NO2. The average molecular weight is 185 g/mol. The van der Waals surface area contributed by atoms with Crippen molar-refractivity contribution in [1.29, 1.82) is 0 Å². The van der Waals surface area contributed by atoms with Crippen molar-refractivity contribution >= 4 is 11.9 Å². The van der Waals surface area contributed by atoms with Gasteiger partial charge in [-0.25, -0.2) is 0 Å². The first-order chi connectivity index (χ1) is 6.00. The van der Waals surface area contributed by atoms with E-state index >= 15 is 0 Å². The maximum absolute atomic E-state index is 10.8. The Balaban J connectivity index is 4.65. The minimum atomic E-state index is -0.297. The molecule has 0 unspecified atom stereocenters. The number of aliphatic imine (C=N–C) groups is 1. The number of carbonyl (C=O) groups is 1. The monoisotopic (exact) mass is 185 g/mol. The summed E-state index contributed by atoms with van der Waals surface area (Å²) in [5.41, 5.74) is -0.111. The van der Waals surface area contributed by atoms with Gasteiger partial charge in [0.25, 0.3) is 0 Å². The molecule has 0 saturated carbocycles. The summed E-state index contributed by atoms with van der Waals surface area (Å²) in [5.74, 6) is 0.249. The van der Waals surface area contributed by atoms with Crippen LogP contribution in [0.1, 0.15) is 40.5 Å². The molecule has 0 aromatic heterocycles. The summed E-state index contributed by atoms with van der Waals surface area (Å²) < 4.78 is 5.06. The van der Waals surface area contributed by atoms with E-state index in [0.717, 1.165) is 12.8 Å². The molecule has 0 amide bonds. The maximum atomic E-state index is 10.8. The Labute approximate surface area is 80.2 Å². The minimum absolute atomic E-state index is 0.111. The smallest absolute Gasteiger partial charge is 0.309 e. The van der Waals surface area contributed by atoms with Crippen LogP contribution in [0.2, 0.25) is 0 Å². The van der Waals surface area contributed by atoms with E-state index in [1.807, 2.05) is 0 Å². The van der Waals surface area contributed by atoms with Crippen molar-refractivity contribution in [3.05, 3.63) is 0 Å². The van der Waals surface area contributed by atoms with Crippen molar-refractivity contribution in [1.82, 2.24) is 0 Å². The van der Waals surface area contributed by atoms with Gasteiger partial charge in [0.15, 0.2) is 5.90 Å². The van der Waals surface area contributed by atoms with Crippen LogP contribution in [0.25, 0.3) is 0 Å². The Bertz CT molecular complexity index is 205. The molecule has 0 aromatic rings. The zero-order chi connectivity index (χ0) is 10.5. The lowest BCUT2D eigenvalue weighted by Crippen LogP contribution is -2.30. The van der Waals surface area contributed by atoms with Gasteiger partial charge >= 0.3 is 5.97 Å². The Morgan fingerprint density at radius 1 is 1.38 bits per heavy atom. The number of nitrogens with zero attached hydrogens (tertiary/aromatic N) is 1. The lowest BCUT2D eigenvalue weighted by molar-refractivity contribution is -0.133. The van der Waals surface area contributed by atoms with E-state index in [1.54, 1.807) is 7.05 Å². The quantitative estimate of drug-likeness (QED) is 0.385. The number of hydrogen-bond donors (Lipinski definition) is 0. The molecule has 3 heteroatoms. The first-order valence-electron chi connectivity index (χ1n) is 4.65. The van der Waals surface area contributed by atoms with Gasteiger partial charge in [0.05, 0.1) is 0 Å². The minimum Gasteiger partial charge on any atom is -0.412 e. The van der Waals surface area contributed by atoms with Gasteiger partial charge in [0, 0.05) is 19.4 Å². The summed E-state index contributed by atoms with van der Waals surface area (Å²) >= 11 is 0. The van der Waals surface area contributed by atoms with Crippen LogP contribution < -0.4 is 0 Å². The molecule has 0 saturated heterocycles. The molecule has 0 fully saturated rings. The Morgan fingerprint density at radius 3 is 2.08 bits per heavy atom. The van der Waals surface area contributed by atoms with Gasteiger partial charge in [-0.3, -0.25) is 9.79 Å². The SMILES string of the molecule is CCC(C)(CC)/C(=N/C)OC(C)=O. The molecule has 0 bridgehead atoms. The van der Waals surface area contributed by atoms with Crippen LogP contribution in [0.3, 0.4) is 0 Å². The highest BCUT2D eigenvalue weighted by molar-refractivity contribution is 5.91. The summed E-state index contributed by atoms with van der Waals surface area (Å²) in [7, 11) is 1.65. The van der Waals surface area contributed by atoms with Gasteiger partial charge in [-0.2, -0.15) is 0 Å². The van der Waals surface area contributed by atoms with Crippen molar-refractivity contribution in [3.8, 4) is 0 Å². The molecule has 0 aliphatic heterocycles. The van der Waals surface area contributed by atoms with Crippen molar-refractivity contribution < 1.29 is 9.53 Å². The van der Waals surface area contributed by atoms with E-state index in [1.165, 1.54) is 6.92 Å². The lowest BCUT2D eigenvalue weighted by atomic mass is 9.84. The zero-order valence-corrected chi connectivity index (χ0v) is 9.18. The van der Waals surface area contributed by atoms with Crippen LogP contribution in [0.4, 0.5) is 0 Å². The van der Waals surface area contributed by atoms with Crippen LogP contribution in [0, 0.1) is 5.41 Å². The molecule has 0 atom stereocenters. The normalized spacial score (nSPS) is 12.8. The van der Waals surface area contributed by atoms with E-state index in [4.69, 9.17) is 4.74 Å². The van der Waals surface area contributed by atoms with Crippen LogP contribution in [-0.4, -0.2) is 18.9 Å². The second-order valence-electron chi connectivity index (χ2n) is 3.39. The number of esters is 1. The highest BCUT2D eigenvalue weighted by Gasteiger charge is 2.29. The van der Waals surface area contributed by atoms with Gasteiger partial charge in [-0.05, 0) is 12.8 Å². The fourth-order valence-electron chi connectivity index (χ4n) is 1.13. The molecule has 0 aliphatic carbocycles. The van der Waals surface area contributed by atoms with Crippen LogP contribution in [-0.2, 0) is 9.53 Å². The highest BCUT2D eigenvalue weighted by atomic mass is 16.5. The second-order valence-corrected chi connectivity index (χ2v) is 3.39. The van der Waals surface area contributed by atoms with E-state index < -0.39 is 0 Å². The predicted molar refractivity (Wildman–Crippen MR) is 53.8 cm³/mol. The van der Waals surface area contributed by atoms with Gasteiger partial charge in [0.2, 0.25) is 0 Å². The third kappa shape index (κ3) is 3.17. The summed E-state index contributed by atoms with van der Waals surface area (Å²) in [6.07, 6.45) is 1.84. The molecule has 0 rings (SSSR count). The third-order valence-corrected chi connectivity index (χ3v) is 2.52. The van der Waals surface area contributed by atoms with Crippen LogP contribution in [0.5, 0.6) is 0 Å². The van der Waals surface area contributed by atoms with Crippen molar-refractivity contribution in [2.45, 2.75) is 40.5 Å². The molecule has 76 valence electrons. The number of rotatable bonds is 3. The Hall–Kier alpha value is -0.860. The average Bonchev–Trinajstić information content (AvgIpc) is 2.12. The second kappa shape index (κ2) is 5.00. The first kappa shape index (κ1) is 12.1. The molecule has 0 heterocycles. The Kier molecular flexibility index (Phi) is 4.67. The molecule has 13 heavy (non-hydrogen) atoms. The maximum Gasteiger partial charge on any atom is 0.309 e. The number of hydrogen-bond acceptors (Lipinski definition) is 3. The van der Waals surface area contributed by atoms with E-state index in [2.05, 4.69) is 25.8 Å². The topological polar surface area (TPSA) is 38.7 Å². The molecule has 0 N–H and O–H groups in total. The van der Waals surface area contributed by atoms with Crippen LogP contribution in [0.15, 0.2) is 4.99 Å². The van der Waals surface area contributed by atoms with E-state index in [0.29, 0.717) is 5.90 Å². The predicted octanol–water partition coefficient (Wildman–Crippen LogP) is 2.40. The molecule has 0 radical (unpaired) electrons. The number of carbonyl (C=O) groups excluding carboxylic acids is 1. The van der Waals surface area contributed by atoms with Crippen LogP contribution >= 0.6 is 0 Å². The third-order valence-electron chi connectivity index (χ3n) is 2.52. The molecule has 0 aromatic carbocycles. The summed E-state index contributed by atoms with van der Waals surface area (Å²) in [4.78, 5) is 14.8. The molecule has 3 nitrogen and oxygen atoms in total. The number of ether oxygens (including phenoxy) is 1. The molecular weight excluding hydrogens is 166 g/mol. The van der Waals surface area contributed by atoms with Gasteiger partial charge < -0.3 is 4.74 Å². The van der Waals surface area contributed by atoms with Gasteiger partial charge in [0.1, 0.15) is 0 Å². The molecule has 0 aliphatic rings. The molecule has 0 spiro atoms. The van der Waals surface area contributed by atoms with Gasteiger partial charge in [-0.15, -0.1) is 0 Å². The van der Waals surface area contributed by atoms with Crippen molar-refractivity contribution in [3.63, 3.8) is 0 Å². The highest BCUT2D eigenvalue weighted by Crippen LogP contribution is 2.27. The largest absolute Gasteiger partial charge is 0.412 e. The van der Waals surface area contributed by atoms with Crippen molar-refractivity contribution in [2.24, 2.45) is 10.4 Å². The van der Waals surface area contributed by atoms with E-state index in [-0.39, 0.29) is 11.4 Å².